The minimum absolute atomic E-state index is 0.290. The summed E-state index contributed by atoms with van der Waals surface area (Å²) in [6.07, 6.45) is 6.61. The van der Waals surface area contributed by atoms with Crippen LogP contribution in [-0.4, -0.2) is 17.6 Å². The number of nitrogens with one attached hydrogen (secondary N) is 1. The van der Waals surface area contributed by atoms with E-state index in [0.717, 1.165) is 24.0 Å². The van der Waals surface area contributed by atoms with E-state index in [9.17, 15) is 4.79 Å². The van der Waals surface area contributed by atoms with E-state index in [0.29, 0.717) is 30.0 Å². The average Bonchev–Trinajstić information content (AvgIpc) is 2.72. The molecule has 1 aromatic heterocycles. The lowest BCUT2D eigenvalue weighted by Gasteiger charge is -2.31. The first-order chi connectivity index (χ1) is 8.22. The van der Waals surface area contributed by atoms with Crippen LogP contribution in [0.2, 0.25) is 0 Å². The molecule has 2 atom stereocenters. The van der Waals surface area contributed by atoms with Gasteiger partial charge in [-0.05, 0) is 25.3 Å². The maximum absolute atomic E-state index is 11.9. The molecule has 3 aliphatic rings. The second-order valence-corrected chi connectivity index (χ2v) is 4.64. The molecule has 0 radical (unpaired) electrons. The number of aromatic nitrogens is 1. The van der Waals surface area contributed by atoms with Crippen LogP contribution in [0.5, 0.6) is 0 Å². The van der Waals surface area contributed by atoms with Crippen molar-refractivity contribution >= 4 is 11.8 Å². The lowest BCUT2D eigenvalue weighted by molar-refractivity contribution is 0.0518. The Labute approximate surface area is 99.8 Å². The third-order valence-electron chi connectivity index (χ3n) is 3.69. The lowest BCUT2D eigenvalue weighted by Crippen LogP contribution is -2.19. The predicted molar refractivity (Wildman–Crippen MR) is 65.0 cm³/mol. The molecule has 4 nitrogen and oxygen atoms in total. The summed E-state index contributed by atoms with van der Waals surface area (Å²) in [6, 6.07) is 0. The summed E-state index contributed by atoms with van der Waals surface area (Å²) in [5, 5.41) is 0. The highest BCUT2D eigenvalue weighted by Gasteiger charge is 2.36. The molecule has 3 aliphatic carbocycles. The molecular formula is C13H16N2O2. The SMILES string of the molecule is CCOC(=O)c1[nH]c(N)c2c1C1C=CC2CC1. The molecule has 2 unspecified atom stereocenters. The van der Waals surface area contributed by atoms with Crippen LogP contribution < -0.4 is 5.73 Å². The van der Waals surface area contributed by atoms with Gasteiger partial charge in [-0.3, -0.25) is 0 Å². The highest BCUT2D eigenvalue weighted by Crippen LogP contribution is 2.48. The molecule has 0 fully saturated rings. The summed E-state index contributed by atoms with van der Waals surface area (Å²) < 4.78 is 5.07. The zero-order valence-electron chi connectivity index (χ0n) is 9.82. The largest absolute Gasteiger partial charge is 0.461 e. The number of hydrogen-bond acceptors (Lipinski definition) is 3. The molecule has 0 saturated heterocycles. The number of fused-ring (bicyclic) bond motifs is 1. The summed E-state index contributed by atoms with van der Waals surface area (Å²) in [6.45, 7) is 2.19. The standard InChI is InChI=1S/C13H16N2O2/c1-2-17-13(16)11-9-7-3-5-8(6-4-7)10(9)12(14)15-11/h3,5,7-8,15H,2,4,6,14H2,1H3. The zero-order chi connectivity index (χ0) is 12.0. The van der Waals surface area contributed by atoms with Crippen molar-refractivity contribution in [3.05, 3.63) is 29.0 Å². The van der Waals surface area contributed by atoms with E-state index in [-0.39, 0.29) is 5.97 Å². The number of allylic oxidation sites excluding steroid dienone is 2. The number of carbonyl (C=O) groups excluding carboxylic acids is 1. The average molecular weight is 232 g/mol. The maximum Gasteiger partial charge on any atom is 0.355 e. The molecule has 4 rings (SSSR count). The van der Waals surface area contributed by atoms with Gasteiger partial charge in [0.05, 0.1) is 6.61 Å². The Bertz CT molecular complexity index is 502. The van der Waals surface area contributed by atoms with Crippen LogP contribution >= 0.6 is 0 Å². The van der Waals surface area contributed by atoms with Crippen LogP contribution in [0.25, 0.3) is 0 Å². The molecule has 90 valence electrons. The first-order valence-electron chi connectivity index (χ1n) is 6.09. The van der Waals surface area contributed by atoms with Gasteiger partial charge >= 0.3 is 5.97 Å². The van der Waals surface area contributed by atoms with Crippen molar-refractivity contribution < 1.29 is 9.53 Å². The number of esters is 1. The number of carbonyl (C=O) groups is 1. The van der Waals surface area contributed by atoms with Gasteiger partial charge in [0.2, 0.25) is 0 Å². The highest BCUT2D eigenvalue weighted by atomic mass is 16.5. The second kappa shape index (κ2) is 3.65. The van der Waals surface area contributed by atoms with E-state index < -0.39 is 0 Å². The number of H-pyrrole nitrogens is 1. The van der Waals surface area contributed by atoms with Gasteiger partial charge in [-0.15, -0.1) is 0 Å². The number of nitrogens with two attached hydrogens (primary N) is 1. The van der Waals surface area contributed by atoms with Crippen LogP contribution in [0.15, 0.2) is 12.2 Å². The first kappa shape index (κ1) is 10.4. The van der Waals surface area contributed by atoms with E-state index in [1.165, 1.54) is 0 Å². The molecule has 1 aromatic rings. The van der Waals surface area contributed by atoms with E-state index in [1.54, 1.807) is 0 Å². The van der Waals surface area contributed by atoms with Gasteiger partial charge in [0.25, 0.3) is 0 Å². The number of ether oxygens (including phenoxy) is 1. The van der Waals surface area contributed by atoms with Crippen LogP contribution in [0, 0.1) is 0 Å². The summed E-state index contributed by atoms with van der Waals surface area (Å²) in [5.41, 5.74) is 8.73. The molecule has 0 saturated carbocycles. The van der Waals surface area contributed by atoms with E-state index in [1.807, 2.05) is 6.92 Å². The number of rotatable bonds is 2. The second-order valence-electron chi connectivity index (χ2n) is 4.64. The van der Waals surface area contributed by atoms with Gasteiger partial charge in [-0.1, -0.05) is 12.2 Å². The van der Waals surface area contributed by atoms with Gasteiger partial charge in [-0.25, -0.2) is 4.79 Å². The third kappa shape index (κ3) is 1.40. The molecule has 4 heteroatoms. The summed E-state index contributed by atoms with van der Waals surface area (Å²) in [4.78, 5) is 14.9. The van der Waals surface area contributed by atoms with E-state index in [4.69, 9.17) is 10.5 Å². The lowest BCUT2D eigenvalue weighted by atomic mass is 9.72. The quantitative estimate of drug-likeness (QED) is 0.607. The van der Waals surface area contributed by atoms with E-state index >= 15 is 0 Å². The van der Waals surface area contributed by atoms with Crippen molar-refractivity contribution in [1.82, 2.24) is 4.98 Å². The Kier molecular flexibility index (Phi) is 2.24. The van der Waals surface area contributed by atoms with Crippen LogP contribution in [0.3, 0.4) is 0 Å². The normalized spacial score (nSPS) is 24.8. The fraction of sp³-hybridized carbons (Fsp3) is 0.462. The van der Waals surface area contributed by atoms with Crippen LogP contribution in [-0.2, 0) is 4.74 Å². The molecule has 2 bridgehead atoms. The number of nitrogen functional groups attached to an aromatic ring is 1. The van der Waals surface area contributed by atoms with Crippen molar-refractivity contribution in [2.24, 2.45) is 0 Å². The molecular weight excluding hydrogens is 216 g/mol. The zero-order valence-corrected chi connectivity index (χ0v) is 9.82. The van der Waals surface area contributed by atoms with Gasteiger partial charge in [0.15, 0.2) is 0 Å². The highest BCUT2D eigenvalue weighted by molar-refractivity contribution is 5.92. The van der Waals surface area contributed by atoms with Crippen molar-refractivity contribution in [2.45, 2.75) is 31.6 Å². The number of anilines is 1. The Morgan fingerprint density at radius 1 is 1.41 bits per heavy atom. The summed E-state index contributed by atoms with van der Waals surface area (Å²) >= 11 is 0. The number of hydrogen-bond donors (Lipinski definition) is 2. The molecule has 1 heterocycles. The molecule has 0 aliphatic heterocycles. The Morgan fingerprint density at radius 2 is 2.06 bits per heavy atom. The van der Waals surface area contributed by atoms with Gasteiger partial charge in [0.1, 0.15) is 11.5 Å². The maximum atomic E-state index is 11.9. The fourth-order valence-electron chi connectivity index (χ4n) is 3.00. The predicted octanol–water partition coefficient (Wildman–Crippen LogP) is 2.30. The minimum Gasteiger partial charge on any atom is -0.461 e. The van der Waals surface area contributed by atoms with Crippen molar-refractivity contribution in [3.63, 3.8) is 0 Å². The monoisotopic (exact) mass is 232 g/mol. The summed E-state index contributed by atoms with van der Waals surface area (Å²) in [5.74, 6) is 1.03. The van der Waals surface area contributed by atoms with Crippen molar-refractivity contribution in [3.8, 4) is 0 Å². The van der Waals surface area contributed by atoms with Gasteiger partial charge < -0.3 is 15.5 Å². The summed E-state index contributed by atoms with van der Waals surface area (Å²) in [7, 11) is 0. The fourth-order valence-corrected chi connectivity index (χ4v) is 3.00. The Morgan fingerprint density at radius 3 is 2.65 bits per heavy atom. The number of aromatic amines is 1. The van der Waals surface area contributed by atoms with E-state index in [2.05, 4.69) is 17.1 Å². The smallest absolute Gasteiger partial charge is 0.355 e. The van der Waals surface area contributed by atoms with Crippen LogP contribution in [0.4, 0.5) is 5.82 Å². The molecule has 3 N–H and O–H groups in total. The van der Waals surface area contributed by atoms with Gasteiger partial charge in [-0.2, -0.15) is 0 Å². The Hall–Kier alpha value is -1.71. The van der Waals surface area contributed by atoms with Gasteiger partial charge in [0, 0.05) is 17.4 Å². The van der Waals surface area contributed by atoms with Crippen molar-refractivity contribution in [2.75, 3.05) is 12.3 Å². The molecule has 0 amide bonds. The minimum atomic E-state index is -0.290. The topological polar surface area (TPSA) is 68.1 Å². The molecule has 0 aromatic carbocycles. The third-order valence-corrected chi connectivity index (χ3v) is 3.69. The molecule has 17 heavy (non-hydrogen) atoms. The molecule has 0 spiro atoms. The first-order valence-corrected chi connectivity index (χ1v) is 6.09. The van der Waals surface area contributed by atoms with Crippen molar-refractivity contribution in [1.29, 1.82) is 0 Å². The van der Waals surface area contributed by atoms with Crippen LogP contribution in [0.1, 0.15) is 53.2 Å². The Balaban J connectivity index is 2.10.